The zero-order valence-corrected chi connectivity index (χ0v) is 32.2. The first-order valence-corrected chi connectivity index (χ1v) is 20.8. The molecule has 8 atom stereocenters. The second-order valence-corrected chi connectivity index (χ2v) is 15.2. The Labute approximate surface area is 305 Å². The first kappa shape index (κ1) is 46.4. The third-order valence-electron chi connectivity index (χ3n) is 10.4. The first-order valence-electron chi connectivity index (χ1n) is 20.4. The second kappa shape index (κ2) is 31.0. The fraction of sp³-hybridized carbons (Fsp3) is 0.974. The summed E-state index contributed by atoms with van der Waals surface area (Å²) in [4.78, 5) is 0. The second-order valence-electron chi connectivity index (χ2n) is 14.8. The van der Waals surface area contributed by atoms with Crippen LogP contribution >= 0.6 is 12.2 Å². The predicted molar refractivity (Wildman–Crippen MR) is 205 cm³/mol. The van der Waals surface area contributed by atoms with E-state index in [-0.39, 0.29) is 26.1 Å². The van der Waals surface area contributed by atoms with E-state index in [0.29, 0.717) is 11.5 Å². The van der Waals surface area contributed by atoms with Crippen LogP contribution in [0, 0.1) is 5.92 Å². The Morgan fingerprint density at radius 1 is 0.673 bits per heavy atom. The van der Waals surface area contributed by atoms with Crippen molar-refractivity contribution in [2.24, 2.45) is 5.92 Å². The zero-order valence-electron chi connectivity index (χ0n) is 31.4. The number of rotatable bonds is 32. The average molecular weight is 719 g/mol. The van der Waals surface area contributed by atoms with E-state index in [9.17, 15) is 30.6 Å². The molecule has 1 fully saturated rings. The summed E-state index contributed by atoms with van der Waals surface area (Å²) >= 11 is 5.48. The zero-order chi connectivity index (χ0) is 36.1. The molecule has 1 aliphatic carbocycles. The van der Waals surface area contributed by atoms with E-state index in [0.717, 1.165) is 19.4 Å². The maximum absolute atomic E-state index is 10.8. The molecule has 0 aliphatic heterocycles. The van der Waals surface area contributed by atoms with Gasteiger partial charge in [-0.1, -0.05) is 149 Å². The van der Waals surface area contributed by atoms with Crippen molar-refractivity contribution in [1.82, 2.24) is 10.6 Å². The quantitative estimate of drug-likeness (QED) is 0.0289. The fourth-order valence-corrected chi connectivity index (χ4v) is 7.12. The van der Waals surface area contributed by atoms with Gasteiger partial charge in [0.05, 0.1) is 37.1 Å². The molecule has 0 spiro atoms. The van der Waals surface area contributed by atoms with Gasteiger partial charge in [0, 0.05) is 25.5 Å². The lowest BCUT2D eigenvalue weighted by Crippen LogP contribution is -2.57. The highest BCUT2D eigenvalue weighted by Crippen LogP contribution is 2.28. The van der Waals surface area contributed by atoms with Crippen molar-refractivity contribution in [2.45, 2.75) is 217 Å². The molecule has 0 aromatic heterocycles. The minimum atomic E-state index is -1.43. The van der Waals surface area contributed by atoms with Gasteiger partial charge in [-0.3, -0.25) is 0 Å². The van der Waals surface area contributed by atoms with Crippen LogP contribution in [0.4, 0.5) is 0 Å². The maximum Gasteiger partial charge on any atom is 0.166 e. The molecule has 8 N–H and O–H groups in total. The molecule has 8 unspecified atom stereocenters. The van der Waals surface area contributed by atoms with Gasteiger partial charge in [0.2, 0.25) is 0 Å². The summed E-state index contributed by atoms with van der Waals surface area (Å²) in [6, 6.07) is -0.658. The van der Waals surface area contributed by atoms with Crippen molar-refractivity contribution in [2.75, 3.05) is 19.8 Å². The van der Waals surface area contributed by atoms with Crippen LogP contribution in [0.15, 0.2) is 0 Å². The standard InChI is InChI=1S/C39H78N2O7S/c1-3-5-6-7-8-9-10-11-12-13-14-15-16-17-18-19-20-21-22-23-24-25-26-40-39(49)41-33(34(44)28-32(43)4-2)30-48-35-27-31(29-42)36(45)38(47)37(35)46/h31-38,42-47H,3-30H2,1-2H3,(H2,40,41,49). The number of hydrogen-bond acceptors (Lipinski definition) is 8. The lowest BCUT2D eigenvalue weighted by Gasteiger charge is -2.40. The highest BCUT2D eigenvalue weighted by Gasteiger charge is 2.43. The van der Waals surface area contributed by atoms with E-state index in [1.807, 2.05) is 6.92 Å². The molecule has 0 amide bonds. The van der Waals surface area contributed by atoms with E-state index in [4.69, 9.17) is 17.0 Å². The molecule has 1 rings (SSSR count). The van der Waals surface area contributed by atoms with E-state index in [1.54, 1.807) is 0 Å². The van der Waals surface area contributed by atoms with Crippen LogP contribution in [0.25, 0.3) is 0 Å². The summed E-state index contributed by atoms with van der Waals surface area (Å²) in [5, 5.41) is 67.8. The van der Waals surface area contributed by atoms with Crippen LogP contribution in [-0.4, -0.2) is 98.2 Å². The van der Waals surface area contributed by atoms with Crippen molar-refractivity contribution in [3.05, 3.63) is 0 Å². The SMILES string of the molecule is CCCCCCCCCCCCCCCCCCCCCCCCNC(=S)NC(COC1CC(CO)C(O)C(O)C1O)C(O)CC(O)CC. The van der Waals surface area contributed by atoms with E-state index in [2.05, 4.69) is 17.6 Å². The van der Waals surface area contributed by atoms with Gasteiger partial charge in [0.1, 0.15) is 12.2 Å². The number of aliphatic hydroxyl groups is 6. The maximum atomic E-state index is 10.8. The van der Waals surface area contributed by atoms with Gasteiger partial charge in [0.25, 0.3) is 0 Å². The topological polar surface area (TPSA) is 155 Å². The molecule has 0 bridgehead atoms. The molecule has 1 aliphatic rings. The van der Waals surface area contributed by atoms with Crippen molar-refractivity contribution in [3.63, 3.8) is 0 Å². The Morgan fingerprint density at radius 3 is 1.55 bits per heavy atom. The van der Waals surface area contributed by atoms with Gasteiger partial charge in [-0.15, -0.1) is 0 Å². The van der Waals surface area contributed by atoms with Crippen LogP contribution < -0.4 is 10.6 Å². The Morgan fingerprint density at radius 2 is 1.12 bits per heavy atom. The molecule has 0 saturated heterocycles. The van der Waals surface area contributed by atoms with Crippen LogP contribution in [0.2, 0.25) is 0 Å². The summed E-state index contributed by atoms with van der Waals surface area (Å²) < 4.78 is 5.88. The summed E-state index contributed by atoms with van der Waals surface area (Å²) in [7, 11) is 0. The highest BCUT2D eigenvalue weighted by molar-refractivity contribution is 7.80. The number of nitrogens with one attached hydrogen (secondary N) is 2. The van der Waals surface area contributed by atoms with Gasteiger partial charge >= 0.3 is 0 Å². The van der Waals surface area contributed by atoms with Crippen LogP contribution in [0.1, 0.15) is 174 Å². The van der Waals surface area contributed by atoms with Crippen LogP contribution in [-0.2, 0) is 4.74 Å². The molecule has 10 heteroatoms. The number of thiocarbonyl (C=S) groups is 1. The van der Waals surface area contributed by atoms with E-state index >= 15 is 0 Å². The normalized spacial score (nSPS) is 22.9. The number of hydrogen-bond donors (Lipinski definition) is 8. The number of unbranched alkanes of at least 4 members (excludes halogenated alkanes) is 21. The van der Waals surface area contributed by atoms with E-state index in [1.165, 1.54) is 128 Å². The Bertz CT molecular complexity index is 765. The average Bonchev–Trinajstić information content (AvgIpc) is 3.09. The minimum absolute atomic E-state index is 0.0402. The number of aliphatic hydroxyl groups excluding tert-OH is 6. The van der Waals surface area contributed by atoms with E-state index < -0.39 is 48.6 Å². The Kier molecular flexibility index (Phi) is 29.4. The van der Waals surface area contributed by atoms with Crippen LogP contribution in [0.5, 0.6) is 0 Å². The largest absolute Gasteiger partial charge is 0.396 e. The van der Waals surface area contributed by atoms with Crippen LogP contribution in [0.3, 0.4) is 0 Å². The summed E-state index contributed by atoms with van der Waals surface area (Å²) in [6.07, 6.45) is 24.2. The molecule has 0 heterocycles. The molecule has 49 heavy (non-hydrogen) atoms. The molecule has 0 aromatic rings. The third kappa shape index (κ3) is 22.8. The first-order chi connectivity index (χ1) is 23.7. The summed E-state index contributed by atoms with van der Waals surface area (Å²) in [5.41, 5.74) is 0. The van der Waals surface area contributed by atoms with Gasteiger partial charge in [-0.25, -0.2) is 0 Å². The molecular weight excluding hydrogens is 641 g/mol. The molecule has 9 nitrogen and oxygen atoms in total. The monoisotopic (exact) mass is 719 g/mol. The third-order valence-corrected chi connectivity index (χ3v) is 10.7. The lowest BCUT2D eigenvalue weighted by atomic mass is 9.81. The Hall–Kier alpha value is -0.590. The fourth-order valence-electron chi connectivity index (χ4n) is 6.87. The highest BCUT2D eigenvalue weighted by atomic mass is 32.1. The van der Waals surface area contributed by atoms with Gasteiger partial charge in [-0.05, 0) is 31.5 Å². The lowest BCUT2D eigenvalue weighted by molar-refractivity contribution is -0.181. The van der Waals surface area contributed by atoms with Gasteiger partial charge < -0.3 is 46.0 Å². The predicted octanol–water partition coefficient (Wildman–Crippen LogP) is 6.42. The Balaban J connectivity index is 2.09. The summed E-state index contributed by atoms with van der Waals surface area (Å²) in [6.45, 7) is 4.46. The van der Waals surface area contributed by atoms with Crippen molar-refractivity contribution >= 4 is 17.3 Å². The minimum Gasteiger partial charge on any atom is -0.396 e. The molecule has 1 saturated carbocycles. The summed E-state index contributed by atoms with van der Waals surface area (Å²) in [5.74, 6) is -0.622. The molecule has 0 aromatic carbocycles. The molecular formula is C39H78N2O7S. The van der Waals surface area contributed by atoms with Gasteiger partial charge in [-0.2, -0.15) is 0 Å². The van der Waals surface area contributed by atoms with Gasteiger partial charge in [0.15, 0.2) is 5.11 Å². The smallest absolute Gasteiger partial charge is 0.166 e. The number of ether oxygens (including phenoxy) is 1. The van der Waals surface area contributed by atoms with Crippen molar-refractivity contribution in [3.8, 4) is 0 Å². The molecule has 0 radical (unpaired) electrons. The molecule has 292 valence electrons. The van der Waals surface area contributed by atoms with Crippen molar-refractivity contribution < 1.29 is 35.4 Å². The van der Waals surface area contributed by atoms with Crippen molar-refractivity contribution in [1.29, 1.82) is 0 Å².